The fourth-order valence-corrected chi connectivity index (χ4v) is 2.36. The Hall–Kier alpha value is -0.570. The standard InChI is InChI=1S/C13H24N2O/c1-2-3-13(16)15-8-6-12(7-9-15)14-10-11-4-5-11/h11-12,14H,2-10H2,1H3. The van der Waals surface area contributed by atoms with Crippen LogP contribution in [0.2, 0.25) is 0 Å². The maximum absolute atomic E-state index is 11.7. The smallest absolute Gasteiger partial charge is 0.222 e. The molecule has 3 heteroatoms. The lowest BCUT2D eigenvalue weighted by molar-refractivity contribution is -0.132. The number of carbonyl (C=O) groups is 1. The van der Waals surface area contributed by atoms with E-state index in [1.54, 1.807) is 0 Å². The summed E-state index contributed by atoms with van der Waals surface area (Å²) in [6, 6.07) is 0.659. The number of nitrogens with one attached hydrogen (secondary N) is 1. The number of likely N-dealkylation sites (tertiary alicyclic amines) is 1. The van der Waals surface area contributed by atoms with E-state index >= 15 is 0 Å². The Balaban J connectivity index is 1.63. The Morgan fingerprint density at radius 3 is 2.50 bits per heavy atom. The summed E-state index contributed by atoms with van der Waals surface area (Å²) in [5.41, 5.74) is 0. The average molecular weight is 224 g/mol. The van der Waals surface area contributed by atoms with E-state index in [4.69, 9.17) is 0 Å². The molecule has 1 aliphatic heterocycles. The van der Waals surface area contributed by atoms with Gasteiger partial charge in [-0.1, -0.05) is 6.92 Å². The van der Waals surface area contributed by atoms with Gasteiger partial charge < -0.3 is 10.2 Å². The summed E-state index contributed by atoms with van der Waals surface area (Å²) in [4.78, 5) is 13.7. The molecule has 0 bridgehead atoms. The summed E-state index contributed by atoms with van der Waals surface area (Å²) < 4.78 is 0. The summed E-state index contributed by atoms with van der Waals surface area (Å²) >= 11 is 0. The third kappa shape index (κ3) is 3.48. The second-order valence-corrected chi connectivity index (χ2v) is 5.26. The third-order valence-electron chi connectivity index (χ3n) is 3.70. The molecule has 0 atom stereocenters. The molecule has 2 fully saturated rings. The Bertz CT molecular complexity index is 230. The van der Waals surface area contributed by atoms with Crippen LogP contribution in [0.1, 0.15) is 45.4 Å². The van der Waals surface area contributed by atoms with Crippen LogP contribution in [-0.2, 0) is 4.79 Å². The summed E-state index contributed by atoms with van der Waals surface area (Å²) in [5, 5.41) is 3.64. The highest BCUT2D eigenvalue weighted by molar-refractivity contribution is 5.76. The Morgan fingerprint density at radius 1 is 1.25 bits per heavy atom. The van der Waals surface area contributed by atoms with Gasteiger partial charge in [0, 0.05) is 25.6 Å². The maximum atomic E-state index is 11.7. The van der Waals surface area contributed by atoms with Crippen LogP contribution in [0, 0.1) is 5.92 Å². The molecule has 92 valence electrons. The number of hydrogen-bond acceptors (Lipinski definition) is 2. The summed E-state index contributed by atoms with van der Waals surface area (Å²) in [7, 11) is 0. The zero-order valence-electron chi connectivity index (χ0n) is 10.4. The molecule has 0 spiro atoms. The quantitative estimate of drug-likeness (QED) is 0.772. The van der Waals surface area contributed by atoms with Crippen molar-refractivity contribution in [3.05, 3.63) is 0 Å². The van der Waals surface area contributed by atoms with E-state index in [0.717, 1.165) is 44.7 Å². The molecule has 1 aliphatic carbocycles. The first-order valence-electron chi connectivity index (χ1n) is 6.80. The van der Waals surface area contributed by atoms with Gasteiger partial charge in [-0.2, -0.15) is 0 Å². The van der Waals surface area contributed by atoms with Crippen LogP contribution < -0.4 is 5.32 Å². The number of rotatable bonds is 5. The molecule has 16 heavy (non-hydrogen) atoms. The van der Waals surface area contributed by atoms with E-state index in [1.807, 2.05) is 4.90 Å². The van der Waals surface area contributed by atoms with Crippen molar-refractivity contribution in [1.29, 1.82) is 0 Å². The highest BCUT2D eigenvalue weighted by Crippen LogP contribution is 2.28. The second-order valence-electron chi connectivity index (χ2n) is 5.26. The normalized spacial score (nSPS) is 22.4. The lowest BCUT2D eigenvalue weighted by atomic mass is 10.0. The van der Waals surface area contributed by atoms with Gasteiger partial charge in [0.05, 0.1) is 0 Å². The van der Waals surface area contributed by atoms with E-state index < -0.39 is 0 Å². The molecule has 0 aromatic rings. The van der Waals surface area contributed by atoms with E-state index in [9.17, 15) is 4.79 Å². The molecule has 1 saturated heterocycles. The average Bonchev–Trinajstić information content (AvgIpc) is 3.11. The number of piperidine rings is 1. The van der Waals surface area contributed by atoms with E-state index in [0.29, 0.717) is 11.9 Å². The predicted molar refractivity (Wildman–Crippen MR) is 65.2 cm³/mol. The second kappa shape index (κ2) is 5.67. The molecular formula is C13H24N2O. The summed E-state index contributed by atoms with van der Waals surface area (Å²) in [6.07, 6.45) is 6.81. The van der Waals surface area contributed by atoms with Crippen LogP contribution in [0.4, 0.5) is 0 Å². The summed E-state index contributed by atoms with van der Waals surface area (Å²) in [6.45, 7) is 5.19. The number of nitrogens with zero attached hydrogens (tertiary/aromatic N) is 1. The lowest BCUT2D eigenvalue weighted by Crippen LogP contribution is -2.45. The van der Waals surface area contributed by atoms with Crippen molar-refractivity contribution in [1.82, 2.24) is 10.2 Å². The van der Waals surface area contributed by atoms with Gasteiger partial charge in [-0.05, 0) is 44.6 Å². The largest absolute Gasteiger partial charge is 0.343 e. The minimum absolute atomic E-state index is 0.350. The zero-order valence-corrected chi connectivity index (χ0v) is 10.4. The molecule has 3 nitrogen and oxygen atoms in total. The molecule has 0 radical (unpaired) electrons. The molecule has 1 amide bonds. The minimum atomic E-state index is 0.350. The predicted octanol–water partition coefficient (Wildman–Crippen LogP) is 1.78. The van der Waals surface area contributed by atoms with Gasteiger partial charge in [-0.25, -0.2) is 0 Å². The first kappa shape index (κ1) is 11.9. The SMILES string of the molecule is CCCC(=O)N1CCC(NCC2CC2)CC1. The first-order valence-corrected chi connectivity index (χ1v) is 6.80. The Morgan fingerprint density at radius 2 is 1.94 bits per heavy atom. The highest BCUT2D eigenvalue weighted by Gasteiger charge is 2.25. The molecule has 2 aliphatic rings. The van der Waals surface area contributed by atoms with Crippen LogP contribution in [0.25, 0.3) is 0 Å². The molecule has 1 saturated carbocycles. The van der Waals surface area contributed by atoms with Crippen molar-refractivity contribution in [3.8, 4) is 0 Å². The van der Waals surface area contributed by atoms with Crippen molar-refractivity contribution in [2.75, 3.05) is 19.6 Å². The van der Waals surface area contributed by atoms with Crippen molar-refractivity contribution in [3.63, 3.8) is 0 Å². The fourth-order valence-electron chi connectivity index (χ4n) is 2.36. The van der Waals surface area contributed by atoms with E-state index in [1.165, 1.54) is 19.4 Å². The Labute approximate surface area is 98.6 Å². The van der Waals surface area contributed by atoms with Crippen molar-refractivity contribution >= 4 is 5.91 Å². The molecular weight excluding hydrogens is 200 g/mol. The monoisotopic (exact) mass is 224 g/mol. The van der Waals surface area contributed by atoms with Crippen LogP contribution in [0.5, 0.6) is 0 Å². The van der Waals surface area contributed by atoms with Gasteiger partial charge in [0.25, 0.3) is 0 Å². The third-order valence-corrected chi connectivity index (χ3v) is 3.70. The van der Waals surface area contributed by atoms with Crippen molar-refractivity contribution in [2.45, 2.75) is 51.5 Å². The molecule has 0 aromatic carbocycles. The van der Waals surface area contributed by atoms with Crippen LogP contribution in [-0.4, -0.2) is 36.5 Å². The van der Waals surface area contributed by atoms with Gasteiger partial charge >= 0.3 is 0 Å². The molecule has 0 aromatic heterocycles. The molecule has 0 unspecified atom stereocenters. The topological polar surface area (TPSA) is 32.3 Å². The van der Waals surface area contributed by atoms with Crippen LogP contribution >= 0.6 is 0 Å². The zero-order chi connectivity index (χ0) is 11.4. The van der Waals surface area contributed by atoms with Crippen LogP contribution in [0.15, 0.2) is 0 Å². The maximum Gasteiger partial charge on any atom is 0.222 e. The molecule has 1 N–H and O–H groups in total. The number of carbonyl (C=O) groups excluding carboxylic acids is 1. The lowest BCUT2D eigenvalue weighted by Gasteiger charge is -2.32. The summed E-state index contributed by atoms with van der Waals surface area (Å²) in [5.74, 6) is 1.31. The van der Waals surface area contributed by atoms with Gasteiger partial charge in [0.2, 0.25) is 5.91 Å². The van der Waals surface area contributed by atoms with Crippen molar-refractivity contribution < 1.29 is 4.79 Å². The molecule has 2 rings (SSSR count). The van der Waals surface area contributed by atoms with Crippen LogP contribution in [0.3, 0.4) is 0 Å². The highest BCUT2D eigenvalue weighted by atomic mass is 16.2. The van der Waals surface area contributed by atoms with Gasteiger partial charge in [0.1, 0.15) is 0 Å². The first-order chi connectivity index (χ1) is 7.79. The van der Waals surface area contributed by atoms with Gasteiger partial charge in [-0.3, -0.25) is 4.79 Å². The number of hydrogen-bond donors (Lipinski definition) is 1. The van der Waals surface area contributed by atoms with Gasteiger partial charge in [-0.15, -0.1) is 0 Å². The van der Waals surface area contributed by atoms with E-state index in [2.05, 4.69) is 12.2 Å². The minimum Gasteiger partial charge on any atom is -0.343 e. The number of amides is 1. The van der Waals surface area contributed by atoms with Gasteiger partial charge in [0.15, 0.2) is 0 Å². The molecule has 1 heterocycles. The fraction of sp³-hybridized carbons (Fsp3) is 0.923. The van der Waals surface area contributed by atoms with Crippen molar-refractivity contribution in [2.24, 2.45) is 5.92 Å². The Kier molecular flexibility index (Phi) is 4.22. The van der Waals surface area contributed by atoms with E-state index in [-0.39, 0.29) is 0 Å².